The van der Waals surface area contributed by atoms with Gasteiger partial charge >= 0.3 is 0 Å². The van der Waals surface area contributed by atoms with Crippen molar-refractivity contribution < 1.29 is 14.4 Å². The van der Waals surface area contributed by atoms with E-state index in [0.29, 0.717) is 0 Å². The molecule has 3 aliphatic rings. The molecule has 2 saturated carbocycles. The molecular weight excluding hydrogens is 206 g/mol. The summed E-state index contributed by atoms with van der Waals surface area (Å²) in [7, 11) is 0. The van der Waals surface area contributed by atoms with Crippen molar-refractivity contribution in [1.82, 2.24) is 0 Å². The molecule has 16 heavy (non-hydrogen) atoms. The normalized spacial score (nSPS) is 43.6. The van der Waals surface area contributed by atoms with E-state index in [0.717, 1.165) is 6.42 Å². The van der Waals surface area contributed by atoms with Gasteiger partial charge in [-0.1, -0.05) is 12.2 Å². The Morgan fingerprint density at radius 1 is 1.19 bits per heavy atom. The Hall–Kier alpha value is -1.54. The molecule has 0 aromatic heterocycles. The molecule has 3 rings (SSSR count). The van der Waals surface area contributed by atoms with Gasteiger partial charge in [-0.05, 0) is 18.3 Å². The average Bonchev–Trinajstić information content (AvgIpc) is 2.92. The van der Waals surface area contributed by atoms with Gasteiger partial charge in [0.05, 0.1) is 12.5 Å². The molecule has 0 amide bonds. The zero-order valence-corrected chi connectivity index (χ0v) is 8.63. The number of fused-ring (bicyclic) bond motifs is 5. The molecule has 4 unspecified atom stereocenters. The van der Waals surface area contributed by atoms with Gasteiger partial charge in [-0.2, -0.15) is 0 Å². The van der Waals surface area contributed by atoms with Crippen LogP contribution in [0.5, 0.6) is 0 Å². The Balaban J connectivity index is 1.91. The summed E-state index contributed by atoms with van der Waals surface area (Å²) in [6.45, 7) is -0.00634. The molecule has 82 valence electrons. The van der Waals surface area contributed by atoms with Crippen molar-refractivity contribution in [3.05, 3.63) is 12.2 Å². The van der Waals surface area contributed by atoms with Crippen molar-refractivity contribution in [1.29, 1.82) is 0 Å². The lowest BCUT2D eigenvalue weighted by Gasteiger charge is -2.16. The first-order valence-electron chi connectivity index (χ1n) is 5.53. The van der Waals surface area contributed by atoms with Gasteiger partial charge in [-0.3, -0.25) is 9.59 Å². The Labute approximate surface area is 92.4 Å². The van der Waals surface area contributed by atoms with Crippen LogP contribution in [0.15, 0.2) is 17.1 Å². The molecule has 4 atom stereocenters. The minimum absolute atomic E-state index is 0.00634. The maximum Gasteiger partial charge on any atom is 0.234 e. The summed E-state index contributed by atoms with van der Waals surface area (Å²) < 4.78 is 0. The number of Topliss-reactive ketones (excluding diaryl/α,β-unsaturated/α-hetero) is 2. The van der Waals surface area contributed by atoms with E-state index in [4.69, 9.17) is 0 Å². The average molecular weight is 217 g/mol. The van der Waals surface area contributed by atoms with Gasteiger partial charge in [0.25, 0.3) is 0 Å². The molecule has 2 bridgehead atoms. The Morgan fingerprint density at radius 3 is 2.25 bits per heavy atom. The summed E-state index contributed by atoms with van der Waals surface area (Å²) in [5.74, 6) is -0.463. The van der Waals surface area contributed by atoms with E-state index in [1.54, 1.807) is 0 Å². The third kappa shape index (κ3) is 1.05. The van der Waals surface area contributed by atoms with Crippen molar-refractivity contribution in [3.63, 3.8) is 0 Å². The zero-order chi connectivity index (χ0) is 11.3. The predicted molar refractivity (Wildman–Crippen MR) is 54.2 cm³/mol. The predicted octanol–water partition coefficient (Wildman–Crippen LogP) is 0.528. The topological polar surface area (TPSA) is 63.6 Å². The standard InChI is InChI=1S/C12H11NO3/c14-5-13-4-8-11(15)9-6-1-2-7(3-6)10(9)12(8)16/h1-2,6-10H,3-4H2. The maximum atomic E-state index is 12.0. The van der Waals surface area contributed by atoms with Crippen molar-refractivity contribution in [2.75, 3.05) is 6.54 Å². The molecule has 0 aromatic carbocycles. The number of hydrogen-bond acceptors (Lipinski definition) is 4. The summed E-state index contributed by atoms with van der Waals surface area (Å²) in [5.41, 5.74) is 0. The van der Waals surface area contributed by atoms with E-state index < -0.39 is 5.92 Å². The first-order valence-corrected chi connectivity index (χ1v) is 5.53. The number of hydrogen-bond donors (Lipinski definition) is 0. The Morgan fingerprint density at radius 2 is 1.75 bits per heavy atom. The monoisotopic (exact) mass is 217 g/mol. The van der Waals surface area contributed by atoms with Gasteiger partial charge in [0.1, 0.15) is 11.6 Å². The van der Waals surface area contributed by atoms with Crippen LogP contribution < -0.4 is 0 Å². The highest BCUT2D eigenvalue weighted by atomic mass is 16.2. The van der Waals surface area contributed by atoms with Crippen LogP contribution in [0.3, 0.4) is 0 Å². The largest absolute Gasteiger partial charge is 0.298 e. The third-order valence-corrected chi connectivity index (χ3v) is 4.14. The Kier molecular flexibility index (Phi) is 1.95. The highest BCUT2D eigenvalue weighted by molar-refractivity contribution is 6.12. The highest BCUT2D eigenvalue weighted by Crippen LogP contribution is 2.53. The van der Waals surface area contributed by atoms with Crippen LogP contribution in [0.2, 0.25) is 0 Å². The van der Waals surface area contributed by atoms with Gasteiger partial charge in [0, 0.05) is 11.8 Å². The molecule has 4 nitrogen and oxygen atoms in total. The number of aliphatic imine (C=N–C) groups is 1. The molecule has 0 radical (unpaired) electrons. The molecule has 3 aliphatic carbocycles. The number of carbonyl (C=O) groups excluding carboxylic acids is 3. The summed E-state index contributed by atoms with van der Waals surface area (Å²) in [5, 5.41) is 0. The number of allylic oxidation sites excluding steroid dienone is 2. The van der Waals surface area contributed by atoms with Crippen LogP contribution in [-0.2, 0) is 14.4 Å². The lowest BCUT2D eigenvalue weighted by Crippen LogP contribution is -2.22. The summed E-state index contributed by atoms with van der Waals surface area (Å²) in [4.78, 5) is 37.5. The van der Waals surface area contributed by atoms with Gasteiger partial charge in [-0.25, -0.2) is 9.79 Å². The second-order valence-corrected chi connectivity index (χ2v) is 4.79. The molecule has 0 spiro atoms. The smallest absolute Gasteiger partial charge is 0.234 e. The molecule has 0 heterocycles. The van der Waals surface area contributed by atoms with Gasteiger partial charge in [0.2, 0.25) is 6.08 Å². The van der Waals surface area contributed by atoms with Crippen LogP contribution in [0.4, 0.5) is 0 Å². The third-order valence-electron chi connectivity index (χ3n) is 4.14. The molecule has 0 aliphatic heterocycles. The van der Waals surface area contributed by atoms with Crippen molar-refractivity contribution in [2.24, 2.45) is 34.6 Å². The molecule has 0 N–H and O–H groups in total. The fourth-order valence-electron chi connectivity index (χ4n) is 3.51. The summed E-state index contributed by atoms with van der Waals surface area (Å²) in [6.07, 6.45) is 6.45. The molecular formula is C12H11NO3. The second kappa shape index (κ2) is 3.22. The second-order valence-electron chi connectivity index (χ2n) is 4.79. The number of nitrogens with zero attached hydrogens (tertiary/aromatic N) is 1. The summed E-state index contributed by atoms with van der Waals surface area (Å²) in [6, 6.07) is 0. The van der Waals surface area contributed by atoms with Crippen molar-refractivity contribution >= 4 is 17.6 Å². The first kappa shape index (κ1) is 9.67. The van der Waals surface area contributed by atoms with Gasteiger partial charge in [-0.15, -0.1) is 0 Å². The van der Waals surface area contributed by atoms with Crippen molar-refractivity contribution in [2.45, 2.75) is 6.42 Å². The maximum absolute atomic E-state index is 12.0. The van der Waals surface area contributed by atoms with Gasteiger partial charge < -0.3 is 0 Å². The number of isocyanates is 1. The van der Waals surface area contributed by atoms with E-state index in [9.17, 15) is 14.4 Å². The zero-order valence-electron chi connectivity index (χ0n) is 8.63. The summed E-state index contributed by atoms with van der Waals surface area (Å²) >= 11 is 0. The fraction of sp³-hybridized carbons (Fsp3) is 0.583. The minimum atomic E-state index is -0.679. The molecule has 0 saturated heterocycles. The fourth-order valence-corrected chi connectivity index (χ4v) is 3.51. The van der Waals surface area contributed by atoms with Crippen LogP contribution in [-0.4, -0.2) is 24.2 Å². The van der Waals surface area contributed by atoms with E-state index in [1.807, 2.05) is 0 Å². The first-order chi connectivity index (χ1) is 7.74. The quantitative estimate of drug-likeness (QED) is 0.293. The highest BCUT2D eigenvalue weighted by Gasteiger charge is 2.59. The van der Waals surface area contributed by atoms with Crippen LogP contribution in [0, 0.1) is 29.6 Å². The molecule has 2 fully saturated rings. The van der Waals surface area contributed by atoms with Crippen LogP contribution >= 0.6 is 0 Å². The number of rotatable bonds is 2. The number of carbonyl (C=O) groups is 2. The van der Waals surface area contributed by atoms with E-state index in [2.05, 4.69) is 17.1 Å². The SMILES string of the molecule is O=C=NCC1C(=O)C2C3C=CC(C3)C2C1=O. The molecule has 0 aromatic rings. The van der Waals surface area contributed by atoms with Crippen LogP contribution in [0.25, 0.3) is 0 Å². The van der Waals surface area contributed by atoms with Gasteiger partial charge in [0.15, 0.2) is 0 Å². The Bertz CT molecular complexity index is 417. The lowest BCUT2D eigenvalue weighted by molar-refractivity contribution is -0.128. The van der Waals surface area contributed by atoms with E-state index in [1.165, 1.54) is 6.08 Å². The molecule has 4 heteroatoms. The van der Waals surface area contributed by atoms with Crippen LogP contribution in [0.1, 0.15) is 6.42 Å². The lowest BCUT2D eigenvalue weighted by atomic mass is 9.85. The van der Waals surface area contributed by atoms with E-state index in [-0.39, 0.29) is 41.8 Å². The minimum Gasteiger partial charge on any atom is -0.298 e. The number of ketones is 2. The van der Waals surface area contributed by atoms with Crippen molar-refractivity contribution in [3.8, 4) is 0 Å². The van der Waals surface area contributed by atoms with E-state index >= 15 is 0 Å².